The third kappa shape index (κ3) is 3.13. The lowest BCUT2D eigenvalue weighted by molar-refractivity contribution is 0.0601. The summed E-state index contributed by atoms with van der Waals surface area (Å²) in [6, 6.07) is 11.1. The van der Waals surface area contributed by atoms with Crippen LogP contribution in [-0.4, -0.2) is 19.6 Å². The van der Waals surface area contributed by atoms with Gasteiger partial charge in [-0.15, -0.1) is 0 Å². The number of carbonyl (C=O) groups is 1. The molecule has 2 aromatic rings. The largest absolute Gasteiger partial charge is 0.465 e. The number of nitrogens with two attached hydrogens (primary N) is 1. The number of carbonyl (C=O) groups excluding carboxylic acids is 1. The second-order valence-electron chi connectivity index (χ2n) is 4.49. The molecule has 0 unspecified atom stereocenters. The van der Waals surface area contributed by atoms with Crippen LogP contribution in [0, 0.1) is 5.82 Å². The number of anilines is 3. The Kier molecular flexibility index (Phi) is 4.42. The fourth-order valence-corrected chi connectivity index (χ4v) is 2.16. The van der Waals surface area contributed by atoms with Crippen LogP contribution in [0.1, 0.15) is 17.3 Å². The van der Waals surface area contributed by atoms with Crippen molar-refractivity contribution in [2.45, 2.75) is 6.92 Å². The molecular weight excluding hydrogens is 271 g/mol. The van der Waals surface area contributed by atoms with Crippen molar-refractivity contribution in [3.05, 3.63) is 53.8 Å². The molecule has 0 heterocycles. The third-order valence-corrected chi connectivity index (χ3v) is 3.18. The van der Waals surface area contributed by atoms with Crippen molar-refractivity contribution in [1.29, 1.82) is 0 Å². The quantitative estimate of drug-likeness (QED) is 0.692. The lowest BCUT2D eigenvalue weighted by atomic mass is 10.1. The van der Waals surface area contributed by atoms with Gasteiger partial charge in [-0.2, -0.15) is 0 Å². The van der Waals surface area contributed by atoms with Crippen LogP contribution in [-0.2, 0) is 4.74 Å². The highest BCUT2D eigenvalue weighted by atomic mass is 19.1. The molecule has 0 bridgehead atoms. The zero-order valence-corrected chi connectivity index (χ0v) is 12.0. The van der Waals surface area contributed by atoms with E-state index in [1.165, 1.54) is 19.2 Å². The molecule has 0 amide bonds. The van der Waals surface area contributed by atoms with Crippen molar-refractivity contribution < 1.29 is 13.9 Å². The number of benzene rings is 2. The molecule has 21 heavy (non-hydrogen) atoms. The highest BCUT2D eigenvalue weighted by molar-refractivity contribution is 5.92. The Balaban J connectivity index is 2.49. The lowest BCUT2D eigenvalue weighted by Crippen LogP contribution is -2.18. The SMILES string of the molecule is CCN(c1cccc(F)c1)c1cc(C(=O)OC)ccc1N. The molecule has 110 valence electrons. The van der Waals surface area contributed by atoms with Gasteiger partial charge in [-0.25, -0.2) is 9.18 Å². The molecule has 0 fully saturated rings. The Hall–Kier alpha value is -2.56. The van der Waals surface area contributed by atoms with E-state index in [1.54, 1.807) is 30.3 Å². The maximum absolute atomic E-state index is 13.4. The summed E-state index contributed by atoms with van der Waals surface area (Å²) in [7, 11) is 1.32. The smallest absolute Gasteiger partial charge is 0.337 e. The molecule has 2 rings (SSSR count). The Morgan fingerprint density at radius 1 is 1.29 bits per heavy atom. The van der Waals surface area contributed by atoms with Gasteiger partial charge in [0.25, 0.3) is 0 Å². The monoisotopic (exact) mass is 288 g/mol. The fraction of sp³-hybridized carbons (Fsp3) is 0.188. The molecule has 2 aromatic carbocycles. The highest BCUT2D eigenvalue weighted by Crippen LogP contribution is 2.31. The van der Waals surface area contributed by atoms with E-state index in [-0.39, 0.29) is 5.82 Å². The van der Waals surface area contributed by atoms with Crippen LogP contribution < -0.4 is 10.6 Å². The van der Waals surface area contributed by atoms with Crippen LogP contribution in [0.2, 0.25) is 0 Å². The highest BCUT2D eigenvalue weighted by Gasteiger charge is 2.14. The summed E-state index contributed by atoms with van der Waals surface area (Å²) in [6.07, 6.45) is 0. The number of esters is 1. The van der Waals surface area contributed by atoms with Gasteiger partial charge in [0, 0.05) is 12.2 Å². The Bertz CT molecular complexity index is 658. The molecule has 0 aliphatic rings. The minimum Gasteiger partial charge on any atom is -0.465 e. The number of nitrogens with zero attached hydrogens (tertiary/aromatic N) is 1. The first-order valence-corrected chi connectivity index (χ1v) is 6.57. The molecule has 0 aliphatic heterocycles. The number of methoxy groups -OCH3 is 1. The predicted molar refractivity (Wildman–Crippen MR) is 81.3 cm³/mol. The summed E-state index contributed by atoms with van der Waals surface area (Å²) in [5.74, 6) is -0.764. The van der Waals surface area contributed by atoms with E-state index >= 15 is 0 Å². The van der Waals surface area contributed by atoms with E-state index in [4.69, 9.17) is 10.5 Å². The fourth-order valence-electron chi connectivity index (χ4n) is 2.16. The summed E-state index contributed by atoms with van der Waals surface area (Å²) in [5.41, 5.74) is 8.22. The van der Waals surface area contributed by atoms with E-state index in [1.807, 2.05) is 11.8 Å². The minimum absolute atomic E-state index is 0.325. The van der Waals surface area contributed by atoms with Gasteiger partial charge in [0.1, 0.15) is 5.82 Å². The zero-order chi connectivity index (χ0) is 15.4. The van der Waals surface area contributed by atoms with Gasteiger partial charge in [0.15, 0.2) is 0 Å². The number of nitrogen functional groups attached to an aromatic ring is 1. The Labute approximate surface area is 122 Å². The number of ether oxygens (including phenoxy) is 1. The predicted octanol–water partition coefficient (Wildman–Crippen LogP) is 3.35. The van der Waals surface area contributed by atoms with Crippen molar-refractivity contribution in [2.24, 2.45) is 0 Å². The van der Waals surface area contributed by atoms with Crippen LogP contribution >= 0.6 is 0 Å². The summed E-state index contributed by atoms with van der Waals surface area (Å²) >= 11 is 0. The van der Waals surface area contributed by atoms with E-state index in [9.17, 15) is 9.18 Å². The van der Waals surface area contributed by atoms with E-state index in [0.29, 0.717) is 29.2 Å². The Morgan fingerprint density at radius 2 is 2.05 bits per heavy atom. The molecule has 0 saturated carbocycles. The first-order chi connectivity index (χ1) is 10.1. The summed E-state index contributed by atoms with van der Waals surface area (Å²) < 4.78 is 18.1. The standard InChI is InChI=1S/C16H17FN2O2/c1-3-19(13-6-4-5-12(17)10-13)15-9-11(16(20)21-2)7-8-14(15)18/h4-10H,3,18H2,1-2H3. The number of halogens is 1. The molecule has 0 aromatic heterocycles. The second-order valence-corrected chi connectivity index (χ2v) is 4.49. The first-order valence-electron chi connectivity index (χ1n) is 6.57. The average Bonchev–Trinajstić information content (AvgIpc) is 2.49. The summed E-state index contributed by atoms with van der Waals surface area (Å²) in [6.45, 7) is 2.51. The molecule has 0 atom stereocenters. The Morgan fingerprint density at radius 3 is 2.67 bits per heavy atom. The molecule has 2 N–H and O–H groups in total. The first kappa shape index (κ1) is 14.8. The van der Waals surface area contributed by atoms with Gasteiger partial charge in [0.05, 0.1) is 24.0 Å². The van der Waals surface area contributed by atoms with Crippen LogP contribution in [0.25, 0.3) is 0 Å². The van der Waals surface area contributed by atoms with Crippen molar-refractivity contribution >= 4 is 23.0 Å². The topological polar surface area (TPSA) is 55.6 Å². The second kappa shape index (κ2) is 6.26. The van der Waals surface area contributed by atoms with Crippen molar-refractivity contribution in [2.75, 3.05) is 24.3 Å². The summed E-state index contributed by atoms with van der Waals surface area (Å²) in [5, 5.41) is 0. The van der Waals surface area contributed by atoms with Gasteiger partial charge in [-0.3, -0.25) is 0 Å². The molecule has 4 nitrogen and oxygen atoms in total. The van der Waals surface area contributed by atoms with Crippen LogP contribution in [0.3, 0.4) is 0 Å². The van der Waals surface area contributed by atoms with Crippen LogP contribution in [0.15, 0.2) is 42.5 Å². The molecule has 0 saturated heterocycles. The van der Waals surface area contributed by atoms with Gasteiger partial charge in [-0.05, 0) is 43.3 Å². The molecule has 0 radical (unpaired) electrons. The zero-order valence-electron chi connectivity index (χ0n) is 12.0. The van der Waals surface area contributed by atoms with Crippen molar-refractivity contribution in [1.82, 2.24) is 0 Å². The average molecular weight is 288 g/mol. The van der Waals surface area contributed by atoms with E-state index < -0.39 is 5.97 Å². The van der Waals surface area contributed by atoms with Crippen LogP contribution in [0.4, 0.5) is 21.5 Å². The number of rotatable bonds is 4. The molecule has 0 aliphatic carbocycles. The third-order valence-electron chi connectivity index (χ3n) is 3.18. The van der Waals surface area contributed by atoms with E-state index in [0.717, 1.165) is 0 Å². The maximum Gasteiger partial charge on any atom is 0.337 e. The number of hydrogen-bond donors (Lipinski definition) is 1. The van der Waals surface area contributed by atoms with Gasteiger partial charge in [0.2, 0.25) is 0 Å². The van der Waals surface area contributed by atoms with Crippen molar-refractivity contribution in [3.63, 3.8) is 0 Å². The number of hydrogen-bond acceptors (Lipinski definition) is 4. The van der Waals surface area contributed by atoms with Gasteiger partial charge < -0.3 is 15.4 Å². The minimum atomic E-state index is -0.438. The van der Waals surface area contributed by atoms with E-state index in [2.05, 4.69) is 0 Å². The van der Waals surface area contributed by atoms with Crippen molar-refractivity contribution in [3.8, 4) is 0 Å². The maximum atomic E-state index is 13.4. The lowest BCUT2D eigenvalue weighted by Gasteiger charge is -2.25. The van der Waals surface area contributed by atoms with Gasteiger partial charge >= 0.3 is 5.97 Å². The van der Waals surface area contributed by atoms with Gasteiger partial charge in [-0.1, -0.05) is 6.07 Å². The summed E-state index contributed by atoms with van der Waals surface area (Å²) in [4.78, 5) is 13.5. The molecule has 0 spiro atoms. The normalized spacial score (nSPS) is 10.2. The molecule has 5 heteroatoms. The molecular formula is C16H17FN2O2. The van der Waals surface area contributed by atoms with Crippen LogP contribution in [0.5, 0.6) is 0 Å².